The van der Waals surface area contributed by atoms with Crippen molar-refractivity contribution in [1.29, 1.82) is 0 Å². The number of hydrogen-bond donors (Lipinski definition) is 1. The van der Waals surface area contributed by atoms with E-state index in [-0.39, 0.29) is 10.7 Å². The van der Waals surface area contributed by atoms with E-state index in [9.17, 15) is 13.2 Å². The van der Waals surface area contributed by atoms with Gasteiger partial charge in [-0.25, -0.2) is 23.1 Å². The Balaban J connectivity index is 1.43. The number of nitrogens with one attached hydrogen (secondary N) is 1. The largest absolute Gasteiger partial charge is 0.493 e. The summed E-state index contributed by atoms with van der Waals surface area (Å²) < 4.78 is 38.7. The molecule has 1 heterocycles. The first-order valence-corrected chi connectivity index (χ1v) is 13.1. The molecule has 1 N–H and O–H groups in total. The number of sulfonamides is 1. The van der Waals surface area contributed by atoms with E-state index < -0.39 is 22.5 Å². The van der Waals surface area contributed by atoms with Crippen molar-refractivity contribution in [3.8, 4) is 11.5 Å². The van der Waals surface area contributed by atoms with Gasteiger partial charge in [-0.15, -0.1) is 0 Å². The minimum absolute atomic E-state index is 0.0450. The van der Waals surface area contributed by atoms with Crippen LogP contribution in [0.5, 0.6) is 11.5 Å². The highest BCUT2D eigenvalue weighted by Crippen LogP contribution is 2.28. The number of ether oxygens (including phenoxy) is 2. The number of nitrogens with zero attached hydrogens (tertiary/aromatic N) is 3. The van der Waals surface area contributed by atoms with E-state index in [1.54, 1.807) is 48.5 Å². The molecule has 38 heavy (non-hydrogen) atoms. The highest BCUT2D eigenvalue weighted by molar-refractivity contribution is 7.92. The van der Waals surface area contributed by atoms with Gasteiger partial charge in [-0.3, -0.25) is 4.79 Å². The predicted octanol–water partition coefficient (Wildman–Crippen LogP) is 4.01. The third-order valence-electron chi connectivity index (χ3n) is 5.35. The van der Waals surface area contributed by atoms with Gasteiger partial charge in [0.15, 0.2) is 11.5 Å². The maximum atomic E-state index is 13.3. The Hall–Kier alpha value is -4.70. The Morgan fingerprint density at radius 1 is 0.947 bits per heavy atom. The van der Waals surface area contributed by atoms with Crippen molar-refractivity contribution in [2.45, 2.75) is 11.5 Å². The summed E-state index contributed by atoms with van der Waals surface area (Å²) in [5.74, 6) is 0.550. The van der Waals surface area contributed by atoms with E-state index in [0.29, 0.717) is 23.7 Å². The van der Waals surface area contributed by atoms with E-state index in [1.165, 1.54) is 37.7 Å². The number of carbonyl (C=O) groups excluding carboxylic acids is 1. The fourth-order valence-corrected chi connectivity index (χ4v) is 4.87. The molecular weight excluding hydrogens is 504 g/mol. The minimum Gasteiger partial charge on any atom is -0.493 e. The summed E-state index contributed by atoms with van der Waals surface area (Å²) >= 11 is 0. The lowest BCUT2D eigenvalue weighted by Gasteiger charge is -2.22. The van der Waals surface area contributed by atoms with E-state index >= 15 is 0 Å². The zero-order chi connectivity index (χ0) is 26.8. The second kappa shape index (κ2) is 12.5. The first-order chi connectivity index (χ1) is 18.5. The van der Waals surface area contributed by atoms with Crippen LogP contribution in [-0.4, -0.2) is 39.2 Å². The maximum absolute atomic E-state index is 13.3. The number of aromatic nitrogens is 1. The Morgan fingerprint density at radius 3 is 2.34 bits per heavy atom. The van der Waals surface area contributed by atoms with Gasteiger partial charge in [-0.1, -0.05) is 54.6 Å². The molecule has 194 valence electrons. The van der Waals surface area contributed by atoms with Crippen LogP contribution in [0.1, 0.15) is 11.1 Å². The van der Waals surface area contributed by atoms with E-state index in [1.807, 2.05) is 30.3 Å². The van der Waals surface area contributed by atoms with E-state index in [2.05, 4.69) is 15.5 Å². The number of hydrogen-bond acceptors (Lipinski definition) is 7. The highest BCUT2D eigenvalue weighted by Gasteiger charge is 2.27. The molecule has 1 amide bonds. The van der Waals surface area contributed by atoms with Gasteiger partial charge in [0.2, 0.25) is 0 Å². The van der Waals surface area contributed by atoms with Crippen LogP contribution >= 0.6 is 0 Å². The van der Waals surface area contributed by atoms with Crippen molar-refractivity contribution < 1.29 is 22.7 Å². The summed E-state index contributed by atoms with van der Waals surface area (Å²) in [6.45, 7) is -0.124. The van der Waals surface area contributed by atoms with Crippen LogP contribution in [0.25, 0.3) is 0 Å². The quantitative estimate of drug-likeness (QED) is 0.232. The van der Waals surface area contributed by atoms with Gasteiger partial charge in [0, 0.05) is 6.20 Å². The molecule has 0 aliphatic heterocycles. The van der Waals surface area contributed by atoms with Crippen molar-refractivity contribution in [2.75, 3.05) is 18.0 Å². The van der Waals surface area contributed by atoms with Crippen molar-refractivity contribution in [3.05, 3.63) is 114 Å². The number of amides is 1. The Bertz CT molecular complexity index is 1480. The molecule has 9 nitrogen and oxygen atoms in total. The molecule has 3 aromatic carbocycles. The number of carbonyl (C=O) groups is 1. The SMILES string of the molecule is COc1cc(/C=N\NC(=O)CN(c2ccccn2)S(=O)(=O)c2ccccc2)ccc1OCc1ccccc1. The normalized spacial score (nSPS) is 11.2. The predicted molar refractivity (Wildman–Crippen MR) is 145 cm³/mol. The van der Waals surface area contributed by atoms with Crippen molar-refractivity contribution >= 4 is 28.0 Å². The van der Waals surface area contributed by atoms with E-state index in [0.717, 1.165) is 9.87 Å². The maximum Gasteiger partial charge on any atom is 0.265 e. The molecule has 0 aliphatic rings. The minimum atomic E-state index is -4.04. The van der Waals surface area contributed by atoms with Crippen LogP contribution in [0.4, 0.5) is 5.82 Å². The second-order valence-electron chi connectivity index (χ2n) is 7.99. The lowest BCUT2D eigenvalue weighted by molar-refractivity contribution is -0.119. The summed E-state index contributed by atoms with van der Waals surface area (Å²) in [5, 5.41) is 3.98. The Labute approximate surface area is 221 Å². The van der Waals surface area contributed by atoms with Crippen LogP contribution in [0.15, 0.2) is 113 Å². The molecule has 0 radical (unpaired) electrons. The lowest BCUT2D eigenvalue weighted by atomic mass is 10.2. The first-order valence-electron chi connectivity index (χ1n) is 11.6. The van der Waals surface area contributed by atoms with Crippen LogP contribution in [0.2, 0.25) is 0 Å². The smallest absolute Gasteiger partial charge is 0.265 e. The molecular formula is C28H26N4O5S. The lowest BCUT2D eigenvalue weighted by Crippen LogP contribution is -2.40. The molecule has 0 fully saturated rings. The van der Waals surface area contributed by atoms with Gasteiger partial charge >= 0.3 is 0 Å². The summed E-state index contributed by atoms with van der Waals surface area (Å²) in [6.07, 6.45) is 2.89. The summed E-state index contributed by atoms with van der Waals surface area (Å²) in [6, 6.07) is 27.7. The van der Waals surface area contributed by atoms with Crippen LogP contribution in [0, 0.1) is 0 Å². The van der Waals surface area contributed by atoms with Crippen molar-refractivity contribution in [3.63, 3.8) is 0 Å². The monoisotopic (exact) mass is 530 g/mol. The molecule has 0 unspecified atom stereocenters. The average Bonchev–Trinajstić information content (AvgIpc) is 2.96. The molecule has 4 aromatic rings. The van der Waals surface area contributed by atoms with Crippen molar-refractivity contribution in [2.24, 2.45) is 5.10 Å². The molecule has 10 heteroatoms. The van der Waals surface area contributed by atoms with Crippen LogP contribution < -0.4 is 19.2 Å². The standard InChI is InChI=1S/C28H26N4O5S/c1-36-26-18-23(15-16-25(26)37-21-22-10-4-2-5-11-22)19-30-31-28(33)20-32(27-14-8-9-17-29-27)38(34,35)24-12-6-3-7-13-24/h2-19H,20-21H2,1H3,(H,31,33)/b30-19-. The Morgan fingerprint density at radius 2 is 1.66 bits per heavy atom. The van der Waals surface area contributed by atoms with Gasteiger partial charge in [0.1, 0.15) is 19.0 Å². The van der Waals surface area contributed by atoms with Gasteiger partial charge in [0.05, 0.1) is 18.2 Å². The van der Waals surface area contributed by atoms with Gasteiger partial charge in [-0.2, -0.15) is 5.10 Å². The number of pyridine rings is 1. The van der Waals surface area contributed by atoms with Gasteiger partial charge < -0.3 is 9.47 Å². The van der Waals surface area contributed by atoms with Gasteiger partial charge in [-0.05, 0) is 53.6 Å². The topological polar surface area (TPSA) is 110 Å². The molecule has 0 atom stereocenters. The summed E-state index contributed by atoms with van der Waals surface area (Å²) in [5.41, 5.74) is 4.05. The number of benzene rings is 3. The molecule has 1 aromatic heterocycles. The average molecular weight is 531 g/mol. The number of rotatable bonds is 11. The third kappa shape index (κ3) is 6.74. The van der Waals surface area contributed by atoms with Gasteiger partial charge in [0.25, 0.3) is 15.9 Å². The fraction of sp³-hybridized carbons (Fsp3) is 0.107. The molecule has 0 saturated carbocycles. The molecule has 0 bridgehead atoms. The summed E-state index contributed by atoms with van der Waals surface area (Å²) in [4.78, 5) is 16.8. The first kappa shape index (κ1) is 26.4. The summed E-state index contributed by atoms with van der Waals surface area (Å²) in [7, 11) is -2.50. The molecule has 0 saturated heterocycles. The zero-order valence-electron chi connectivity index (χ0n) is 20.6. The zero-order valence-corrected chi connectivity index (χ0v) is 21.4. The fourth-order valence-electron chi connectivity index (χ4n) is 3.47. The van der Waals surface area contributed by atoms with E-state index in [4.69, 9.17) is 9.47 Å². The number of anilines is 1. The Kier molecular flexibility index (Phi) is 8.68. The third-order valence-corrected chi connectivity index (χ3v) is 7.12. The molecule has 0 spiro atoms. The van der Waals surface area contributed by atoms with Crippen LogP contribution in [0.3, 0.4) is 0 Å². The van der Waals surface area contributed by atoms with Crippen LogP contribution in [-0.2, 0) is 21.4 Å². The number of hydrazone groups is 1. The number of methoxy groups -OCH3 is 1. The molecule has 4 rings (SSSR count). The molecule has 0 aliphatic carbocycles. The highest BCUT2D eigenvalue weighted by atomic mass is 32.2. The van der Waals surface area contributed by atoms with Crippen molar-refractivity contribution in [1.82, 2.24) is 10.4 Å². The second-order valence-corrected chi connectivity index (χ2v) is 9.85.